The molecule has 3 unspecified atom stereocenters. The molecule has 0 amide bonds. The summed E-state index contributed by atoms with van der Waals surface area (Å²) in [6.45, 7) is 0. The Morgan fingerprint density at radius 1 is 1.39 bits per heavy atom. The Kier molecular flexibility index (Phi) is 3.33. The molecule has 1 N–H and O–H groups in total. The fraction of sp³-hybridized carbons (Fsp3) is 0.600. The van der Waals surface area contributed by atoms with E-state index in [1.165, 1.54) is 31.4 Å². The third kappa shape index (κ3) is 2.17. The Bertz CT molecular complexity index is 438. The highest BCUT2D eigenvalue weighted by atomic mass is 35.5. The predicted octanol–water partition coefficient (Wildman–Crippen LogP) is 3.66. The molecule has 1 aromatic rings. The molecule has 2 aliphatic rings. The highest BCUT2D eigenvalue weighted by Crippen LogP contribution is 2.59. The Hall–Kier alpha value is -0.600. The van der Waals surface area contributed by atoms with Gasteiger partial charge in [-0.25, -0.2) is 4.39 Å². The van der Waals surface area contributed by atoms with Crippen molar-refractivity contribution >= 4 is 11.6 Å². The summed E-state index contributed by atoms with van der Waals surface area (Å²) in [4.78, 5) is 0. The molecule has 3 heteroatoms. The van der Waals surface area contributed by atoms with E-state index in [0.29, 0.717) is 11.1 Å². The van der Waals surface area contributed by atoms with Crippen LogP contribution in [0.15, 0.2) is 18.2 Å². The van der Waals surface area contributed by atoms with Gasteiger partial charge in [-0.05, 0) is 61.8 Å². The van der Waals surface area contributed by atoms with E-state index in [0.717, 1.165) is 29.7 Å². The molecule has 18 heavy (non-hydrogen) atoms. The van der Waals surface area contributed by atoms with Crippen LogP contribution < -0.4 is 5.32 Å². The van der Waals surface area contributed by atoms with Gasteiger partial charge in [0.1, 0.15) is 5.82 Å². The molecular formula is C15H19ClFN. The lowest BCUT2D eigenvalue weighted by atomic mass is 9.97. The van der Waals surface area contributed by atoms with E-state index < -0.39 is 0 Å². The van der Waals surface area contributed by atoms with Crippen molar-refractivity contribution in [1.82, 2.24) is 5.32 Å². The first-order valence-electron chi connectivity index (χ1n) is 6.82. The second-order valence-corrected chi connectivity index (χ2v) is 6.08. The molecule has 1 nitrogen and oxygen atoms in total. The van der Waals surface area contributed by atoms with Gasteiger partial charge in [0.15, 0.2) is 0 Å². The summed E-state index contributed by atoms with van der Waals surface area (Å²) in [6.07, 6.45) is 5.10. The molecule has 2 aliphatic carbocycles. The highest BCUT2D eigenvalue weighted by Gasteiger charge is 2.55. The van der Waals surface area contributed by atoms with Crippen LogP contribution in [0.3, 0.4) is 0 Å². The van der Waals surface area contributed by atoms with E-state index in [9.17, 15) is 4.39 Å². The summed E-state index contributed by atoms with van der Waals surface area (Å²) in [5, 5.41) is 3.99. The second-order valence-electron chi connectivity index (χ2n) is 5.67. The van der Waals surface area contributed by atoms with Gasteiger partial charge in [0.05, 0.1) is 0 Å². The van der Waals surface area contributed by atoms with E-state index in [1.807, 2.05) is 13.1 Å². The zero-order chi connectivity index (χ0) is 12.7. The monoisotopic (exact) mass is 267 g/mol. The number of hydrogen-bond donors (Lipinski definition) is 1. The van der Waals surface area contributed by atoms with Gasteiger partial charge in [-0.3, -0.25) is 0 Å². The molecule has 0 heterocycles. The summed E-state index contributed by atoms with van der Waals surface area (Å²) in [7, 11) is 2.02. The molecule has 0 aromatic heterocycles. The SMILES string of the molecule is CNC(Cc1ccc(F)cc1Cl)C1C2CCCC21. The fourth-order valence-electron chi connectivity index (χ4n) is 3.83. The number of likely N-dealkylation sites (N-methyl/N-ethyl adjacent to an activating group) is 1. The molecule has 0 saturated heterocycles. The maximum Gasteiger partial charge on any atom is 0.124 e. The first-order valence-corrected chi connectivity index (χ1v) is 7.19. The van der Waals surface area contributed by atoms with Crippen molar-refractivity contribution < 1.29 is 4.39 Å². The molecule has 3 atom stereocenters. The van der Waals surface area contributed by atoms with Crippen molar-refractivity contribution in [2.45, 2.75) is 31.7 Å². The molecule has 3 rings (SSSR count). The van der Waals surface area contributed by atoms with Crippen molar-refractivity contribution in [3.63, 3.8) is 0 Å². The molecule has 2 fully saturated rings. The largest absolute Gasteiger partial charge is 0.316 e. The topological polar surface area (TPSA) is 12.0 Å². The third-order valence-electron chi connectivity index (χ3n) is 4.76. The van der Waals surface area contributed by atoms with Crippen molar-refractivity contribution in [1.29, 1.82) is 0 Å². The number of halogens is 2. The highest BCUT2D eigenvalue weighted by molar-refractivity contribution is 6.31. The van der Waals surface area contributed by atoms with Gasteiger partial charge >= 0.3 is 0 Å². The Morgan fingerprint density at radius 2 is 2.11 bits per heavy atom. The minimum atomic E-state index is -0.256. The molecular weight excluding hydrogens is 249 g/mol. The standard InChI is InChI=1S/C15H19ClFN/c1-18-14(15-11-3-2-4-12(11)15)7-9-5-6-10(17)8-13(9)16/h5-6,8,11-12,14-15,18H,2-4,7H2,1H3. The van der Waals surface area contributed by atoms with Gasteiger partial charge in [0, 0.05) is 11.1 Å². The van der Waals surface area contributed by atoms with Gasteiger partial charge in [-0.15, -0.1) is 0 Å². The van der Waals surface area contributed by atoms with Crippen LogP contribution in [0.1, 0.15) is 24.8 Å². The fourth-order valence-corrected chi connectivity index (χ4v) is 4.07. The lowest BCUT2D eigenvalue weighted by Crippen LogP contribution is -2.31. The zero-order valence-electron chi connectivity index (χ0n) is 10.6. The molecule has 0 bridgehead atoms. The average Bonchev–Trinajstić information content (AvgIpc) is 2.82. The number of benzene rings is 1. The minimum Gasteiger partial charge on any atom is -0.316 e. The summed E-state index contributed by atoms with van der Waals surface area (Å²) in [5.41, 5.74) is 1.06. The van der Waals surface area contributed by atoms with E-state index in [4.69, 9.17) is 11.6 Å². The molecule has 1 aromatic carbocycles. The Balaban J connectivity index is 1.70. The first-order chi connectivity index (χ1) is 8.70. The average molecular weight is 268 g/mol. The van der Waals surface area contributed by atoms with Gasteiger partial charge in [0.2, 0.25) is 0 Å². The zero-order valence-corrected chi connectivity index (χ0v) is 11.4. The summed E-state index contributed by atoms with van der Waals surface area (Å²) in [6, 6.07) is 5.22. The van der Waals surface area contributed by atoms with E-state index in [1.54, 1.807) is 0 Å². The smallest absolute Gasteiger partial charge is 0.124 e. The van der Waals surface area contributed by atoms with E-state index in [-0.39, 0.29) is 5.82 Å². The quantitative estimate of drug-likeness (QED) is 0.878. The van der Waals surface area contributed by atoms with Gasteiger partial charge in [-0.1, -0.05) is 24.1 Å². The van der Waals surface area contributed by atoms with Crippen molar-refractivity contribution in [2.24, 2.45) is 17.8 Å². The van der Waals surface area contributed by atoms with Crippen LogP contribution in [0, 0.1) is 23.6 Å². The Labute approximate surface area is 113 Å². The lowest BCUT2D eigenvalue weighted by molar-refractivity contribution is 0.428. The number of fused-ring (bicyclic) bond motifs is 1. The molecule has 0 radical (unpaired) electrons. The van der Waals surface area contributed by atoms with Crippen LogP contribution in [0.4, 0.5) is 4.39 Å². The normalized spacial score (nSPS) is 31.2. The van der Waals surface area contributed by atoms with Crippen LogP contribution in [-0.4, -0.2) is 13.1 Å². The van der Waals surface area contributed by atoms with E-state index >= 15 is 0 Å². The van der Waals surface area contributed by atoms with Crippen LogP contribution in [-0.2, 0) is 6.42 Å². The van der Waals surface area contributed by atoms with Gasteiger partial charge < -0.3 is 5.32 Å². The van der Waals surface area contributed by atoms with Crippen molar-refractivity contribution in [3.8, 4) is 0 Å². The van der Waals surface area contributed by atoms with Crippen LogP contribution in [0.25, 0.3) is 0 Å². The number of nitrogens with one attached hydrogen (secondary N) is 1. The van der Waals surface area contributed by atoms with E-state index in [2.05, 4.69) is 5.32 Å². The molecule has 98 valence electrons. The number of hydrogen-bond acceptors (Lipinski definition) is 1. The predicted molar refractivity (Wildman–Crippen MR) is 72.3 cm³/mol. The van der Waals surface area contributed by atoms with Crippen molar-refractivity contribution in [2.75, 3.05) is 7.05 Å². The lowest BCUT2D eigenvalue weighted by Gasteiger charge is -2.19. The summed E-state index contributed by atoms with van der Waals surface area (Å²) < 4.78 is 13.0. The van der Waals surface area contributed by atoms with Gasteiger partial charge in [-0.2, -0.15) is 0 Å². The van der Waals surface area contributed by atoms with Gasteiger partial charge in [0.25, 0.3) is 0 Å². The van der Waals surface area contributed by atoms with Crippen LogP contribution in [0.5, 0.6) is 0 Å². The Morgan fingerprint density at radius 3 is 2.72 bits per heavy atom. The second kappa shape index (κ2) is 4.82. The molecule has 0 spiro atoms. The van der Waals surface area contributed by atoms with Crippen LogP contribution >= 0.6 is 11.6 Å². The number of rotatable bonds is 4. The van der Waals surface area contributed by atoms with Crippen molar-refractivity contribution in [3.05, 3.63) is 34.6 Å². The van der Waals surface area contributed by atoms with Crippen LogP contribution in [0.2, 0.25) is 5.02 Å². The minimum absolute atomic E-state index is 0.256. The maximum atomic E-state index is 13.0. The third-order valence-corrected chi connectivity index (χ3v) is 5.11. The summed E-state index contributed by atoms with van der Waals surface area (Å²) >= 11 is 6.11. The molecule has 0 aliphatic heterocycles. The summed E-state index contributed by atoms with van der Waals surface area (Å²) in [5.74, 6) is 2.42. The maximum absolute atomic E-state index is 13.0. The molecule has 2 saturated carbocycles. The first kappa shape index (κ1) is 12.4.